The standard InChI is InChI=1S/C33H40N2O2/c1-22-7-9-27-28(19-22)34(16-15-33-13-11-23(21-33)12-14-33)17-18-35-29-20-25(32(36)37)8-10-26(29)30(31(27)35)24-5-3-2-4-6-24/h7-10,19-20,23-24H,2-6,11-18,21H2,1H3,(H,36,37). The maximum Gasteiger partial charge on any atom is 0.335 e. The Morgan fingerprint density at radius 1 is 1.00 bits per heavy atom. The second-order valence-corrected chi connectivity index (χ2v) is 12.7. The second-order valence-electron chi connectivity index (χ2n) is 12.7. The highest BCUT2D eigenvalue weighted by Crippen LogP contribution is 2.56. The maximum absolute atomic E-state index is 11.9. The van der Waals surface area contributed by atoms with Crippen LogP contribution < -0.4 is 4.90 Å². The zero-order valence-corrected chi connectivity index (χ0v) is 22.3. The highest BCUT2D eigenvalue weighted by molar-refractivity contribution is 5.99. The van der Waals surface area contributed by atoms with E-state index >= 15 is 0 Å². The quantitative estimate of drug-likeness (QED) is 0.388. The number of anilines is 1. The van der Waals surface area contributed by atoms with Crippen LogP contribution in [0.1, 0.15) is 98.0 Å². The van der Waals surface area contributed by atoms with E-state index in [-0.39, 0.29) is 0 Å². The molecule has 3 aliphatic carbocycles. The van der Waals surface area contributed by atoms with Gasteiger partial charge in [0.2, 0.25) is 0 Å². The van der Waals surface area contributed by atoms with Gasteiger partial charge in [-0.2, -0.15) is 0 Å². The third-order valence-electron chi connectivity index (χ3n) is 10.5. The van der Waals surface area contributed by atoms with Crippen molar-refractivity contribution < 1.29 is 9.90 Å². The Morgan fingerprint density at radius 2 is 1.81 bits per heavy atom. The highest BCUT2D eigenvalue weighted by atomic mass is 16.4. The minimum Gasteiger partial charge on any atom is -0.478 e. The normalized spacial score (nSPS) is 25.3. The van der Waals surface area contributed by atoms with Gasteiger partial charge in [0, 0.05) is 41.8 Å². The van der Waals surface area contributed by atoms with Crippen LogP contribution in [0.2, 0.25) is 0 Å². The van der Waals surface area contributed by atoms with Crippen LogP contribution >= 0.6 is 0 Å². The lowest BCUT2D eigenvalue weighted by Gasteiger charge is -2.32. The molecule has 0 atom stereocenters. The molecule has 1 aliphatic heterocycles. The summed E-state index contributed by atoms with van der Waals surface area (Å²) in [5.41, 5.74) is 8.99. The van der Waals surface area contributed by atoms with E-state index in [0.717, 1.165) is 31.1 Å². The second kappa shape index (κ2) is 8.92. The summed E-state index contributed by atoms with van der Waals surface area (Å²) < 4.78 is 2.49. The third-order valence-corrected chi connectivity index (χ3v) is 10.5. The van der Waals surface area contributed by atoms with Gasteiger partial charge in [-0.05, 0) is 105 Å². The molecule has 4 nitrogen and oxygen atoms in total. The predicted octanol–water partition coefficient (Wildman–Crippen LogP) is 8.15. The van der Waals surface area contributed by atoms with E-state index in [0.29, 0.717) is 16.9 Å². The molecular formula is C33H40N2O2. The van der Waals surface area contributed by atoms with Crippen molar-refractivity contribution in [2.45, 2.75) is 90.0 Å². The largest absolute Gasteiger partial charge is 0.478 e. The van der Waals surface area contributed by atoms with E-state index in [2.05, 4.69) is 40.7 Å². The summed E-state index contributed by atoms with van der Waals surface area (Å²) in [4.78, 5) is 14.6. The smallest absolute Gasteiger partial charge is 0.335 e. The molecule has 2 bridgehead atoms. The first-order valence-corrected chi connectivity index (χ1v) is 14.8. The molecule has 2 aromatic carbocycles. The summed E-state index contributed by atoms with van der Waals surface area (Å²) >= 11 is 0. The average molecular weight is 497 g/mol. The summed E-state index contributed by atoms with van der Waals surface area (Å²) in [6, 6.07) is 12.9. The van der Waals surface area contributed by atoms with Crippen molar-refractivity contribution in [1.29, 1.82) is 0 Å². The van der Waals surface area contributed by atoms with Crippen LogP contribution in [-0.4, -0.2) is 28.7 Å². The molecule has 4 aliphatic rings. The SMILES string of the molecule is Cc1ccc2c(c1)N(CCC13CCC(CC1)C3)CCn1c-2c(C2CCCCC2)c2ccc(C(=O)O)cc21. The van der Waals surface area contributed by atoms with Crippen molar-refractivity contribution in [3.8, 4) is 11.3 Å². The first-order chi connectivity index (χ1) is 18.0. The zero-order valence-electron chi connectivity index (χ0n) is 22.3. The first-order valence-electron chi connectivity index (χ1n) is 14.8. The number of carboxylic acids is 1. The van der Waals surface area contributed by atoms with Gasteiger partial charge < -0.3 is 14.6 Å². The van der Waals surface area contributed by atoms with Gasteiger partial charge in [-0.25, -0.2) is 4.79 Å². The summed E-state index contributed by atoms with van der Waals surface area (Å²) in [5.74, 6) is 0.706. The fourth-order valence-electron chi connectivity index (χ4n) is 8.55. The molecule has 7 rings (SSSR count). The molecule has 3 saturated carbocycles. The van der Waals surface area contributed by atoms with E-state index in [9.17, 15) is 9.90 Å². The molecule has 0 amide bonds. The highest BCUT2D eigenvalue weighted by Gasteiger charge is 2.44. The van der Waals surface area contributed by atoms with E-state index in [4.69, 9.17) is 0 Å². The number of carbonyl (C=O) groups is 1. The number of rotatable bonds is 5. The van der Waals surface area contributed by atoms with Crippen LogP contribution in [0, 0.1) is 18.3 Å². The van der Waals surface area contributed by atoms with Gasteiger partial charge in [-0.1, -0.05) is 37.5 Å². The van der Waals surface area contributed by atoms with Gasteiger partial charge >= 0.3 is 5.97 Å². The molecule has 37 heavy (non-hydrogen) atoms. The lowest BCUT2D eigenvalue weighted by Crippen LogP contribution is -2.31. The molecule has 2 heterocycles. The molecular weight excluding hydrogens is 456 g/mol. The van der Waals surface area contributed by atoms with Gasteiger partial charge in [0.25, 0.3) is 0 Å². The summed E-state index contributed by atoms with van der Waals surface area (Å²) in [6.07, 6.45) is 14.9. The van der Waals surface area contributed by atoms with E-state index < -0.39 is 5.97 Å². The molecule has 0 unspecified atom stereocenters. The predicted molar refractivity (Wildman–Crippen MR) is 151 cm³/mol. The van der Waals surface area contributed by atoms with Crippen LogP contribution in [0.25, 0.3) is 22.2 Å². The van der Waals surface area contributed by atoms with Crippen molar-refractivity contribution in [2.24, 2.45) is 11.3 Å². The number of nitrogens with zero attached hydrogens (tertiary/aromatic N) is 2. The molecule has 3 aromatic rings. The molecule has 0 radical (unpaired) electrons. The average Bonchev–Trinajstić information content (AvgIpc) is 3.58. The van der Waals surface area contributed by atoms with Gasteiger partial charge in [-0.15, -0.1) is 0 Å². The van der Waals surface area contributed by atoms with Crippen LogP contribution in [0.5, 0.6) is 0 Å². The Hall–Kier alpha value is -2.75. The third kappa shape index (κ3) is 3.90. The van der Waals surface area contributed by atoms with Crippen molar-refractivity contribution in [1.82, 2.24) is 4.57 Å². The van der Waals surface area contributed by atoms with Crippen molar-refractivity contribution >= 4 is 22.6 Å². The van der Waals surface area contributed by atoms with Crippen molar-refractivity contribution in [3.05, 3.63) is 53.1 Å². The number of fused-ring (bicyclic) bond motifs is 7. The first kappa shape index (κ1) is 23.4. The summed E-state index contributed by atoms with van der Waals surface area (Å²) in [7, 11) is 0. The Labute approximate surface area is 220 Å². The van der Waals surface area contributed by atoms with Crippen LogP contribution in [-0.2, 0) is 6.54 Å². The van der Waals surface area contributed by atoms with Crippen molar-refractivity contribution in [3.63, 3.8) is 0 Å². The molecule has 194 valence electrons. The number of hydrogen-bond acceptors (Lipinski definition) is 2. The fraction of sp³-hybridized carbons (Fsp3) is 0.545. The van der Waals surface area contributed by atoms with Crippen LogP contribution in [0.3, 0.4) is 0 Å². The molecule has 0 spiro atoms. The van der Waals surface area contributed by atoms with E-state index in [1.807, 2.05) is 12.1 Å². The maximum atomic E-state index is 11.9. The van der Waals surface area contributed by atoms with Crippen LogP contribution in [0.15, 0.2) is 36.4 Å². The number of benzene rings is 2. The molecule has 4 heteroatoms. The topological polar surface area (TPSA) is 45.5 Å². The zero-order chi connectivity index (χ0) is 25.1. The van der Waals surface area contributed by atoms with Crippen LogP contribution in [0.4, 0.5) is 5.69 Å². The number of carboxylic acid groups (broad SMARTS) is 1. The van der Waals surface area contributed by atoms with Gasteiger partial charge in [-0.3, -0.25) is 0 Å². The Balaban J connectivity index is 1.36. The monoisotopic (exact) mass is 496 g/mol. The minimum absolute atomic E-state index is 0.393. The molecule has 1 aromatic heterocycles. The van der Waals surface area contributed by atoms with Gasteiger partial charge in [0.1, 0.15) is 0 Å². The lowest BCUT2D eigenvalue weighted by molar-refractivity contribution is 0.0697. The number of hydrogen-bond donors (Lipinski definition) is 1. The number of aryl methyl sites for hydroxylation is 1. The Kier molecular flexibility index (Phi) is 5.64. The van der Waals surface area contributed by atoms with E-state index in [1.165, 1.54) is 104 Å². The number of aromatic nitrogens is 1. The molecule has 3 fully saturated rings. The van der Waals surface area contributed by atoms with E-state index in [1.54, 1.807) is 0 Å². The van der Waals surface area contributed by atoms with Crippen molar-refractivity contribution in [2.75, 3.05) is 18.0 Å². The Bertz CT molecular complexity index is 1350. The lowest BCUT2D eigenvalue weighted by atomic mass is 9.81. The molecule has 1 N–H and O–H groups in total. The summed E-state index contributed by atoms with van der Waals surface area (Å²) in [5, 5.41) is 11.1. The number of aromatic carboxylic acids is 1. The fourth-order valence-corrected chi connectivity index (χ4v) is 8.55. The van der Waals surface area contributed by atoms with Gasteiger partial charge in [0.15, 0.2) is 0 Å². The van der Waals surface area contributed by atoms with Gasteiger partial charge in [0.05, 0.1) is 11.3 Å². The summed E-state index contributed by atoms with van der Waals surface area (Å²) in [6.45, 7) is 5.24. The Morgan fingerprint density at radius 3 is 2.54 bits per heavy atom. The minimum atomic E-state index is -0.839. The molecule has 0 saturated heterocycles.